The van der Waals surface area contributed by atoms with Gasteiger partial charge >= 0.3 is 0 Å². The maximum Gasteiger partial charge on any atom is 0.246 e. The highest BCUT2D eigenvalue weighted by Gasteiger charge is 2.41. The smallest absolute Gasteiger partial charge is 0.246 e. The summed E-state index contributed by atoms with van der Waals surface area (Å²) in [7, 11) is 0. The number of aliphatic hydroxyl groups is 1. The minimum atomic E-state index is -0.509. The van der Waals surface area contributed by atoms with Gasteiger partial charge in [0, 0.05) is 39.7 Å². The molecule has 4 rings (SSSR count). The molecule has 0 atom stereocenters. The Morgan fingerprint density at radius 2 is 2.07 bits per heavy atom. The van der Waals surface area contributed by atoms with Crippen molar-refractivity contribution >= 4 is 23.1 Å². The van der Waals surface area contributed by atoms with Crippen LogP contribution >= 0.6 is 11.3 Å². The summed E-state index contributed by atoms with van der Waals surface area (Å²) in [4.78, 5) is 22.0. The number of carbonyl (C=O) groups is 1. The molecule has 3 aromatic rings. The third-order valence-corrected chi connectivity index (χ3v) is 6.63. The Kier molecular flexibility index (Phi) is 6.06. The number of nitrogens with one attached hydrogen (secondary N) is 2. The highest BCUT2D eigenvalue weighted by atomic mass is 32.1. The fourth-order valence-corrected chi connectivity index (χ4v) is 4.59. The minimum Gasteiger partial charge on any atom is -0.387 e. The SMILES string of the molecule is O=C(CO)NCc1ccc(-c2ccc(NCC3(c4ncccc4F)CCC3)nc2)s1. The molecule has 1 aliphatic carbocycles. The number of anilines is 1. The number of aliphatic hydroxyl groups excluding tert-OH is 1. The van der Waals surface area contributed by atoms with Gasteiger partial charge in [-0.05, 0) is 49.2 Å². The number of halogens is 1. The summed E-state index contributed by atoms with van der Waals surface area (Å²) < 4.78 is 14.3. The van der Waals surface area contributed by atoms with E-state index in [-0.39, 0.29) is 11.2 Å². The van der Waals surface area contributed by atoms with E-state index in [4.69, 9.17) is 5.11 Å². The van der Waals surface area contributed by atoms with Crippen LogP contribution in [0.5, 0.6) is 0 Å². The molecule has 3 aromatic heterocycles. The minimum absolute atomic E-state index is 0.244. The van der Waals surface area contributed by atoms with Crippen LogP contribution in [0.25, 0.3) is 10.4 Å². The van der Waals surface area contributed by atoms with Gasteiger partial charge in [0.25, 0.3) is 0 Å². The van der Waals surface area contributed by atoms with Crippen molar-refractivity contribution in [3.63, 3.8) is 0 Å². The van der Waals surface area contributed by atoms with Gasteiger partial charge in [-0.15, -0.1) is 11.3 Å². The van der Waals surface area contributed by atoms with Crippen molar-refractivity contribution in [2.24, 2.45) is 0 Å². The van der Waals surface area contributed by atoms with Crippen molar-refractivity contribution in [3.05, 3.63) is 65.2 Å². The first kappa shape index (κ1) is 20.4. The molecule has 0 aromatic carbocycles. The van der Waals surface area contributed by atoms with Gasteiger partial charge < -0.3 is 15.7 Å². The summed E-state index contributed by atoms with van der Waals surface area (Å²) in [5, 5.41) is 14.8. The molecule has 1 fully saturated rings. The van der Waals surface area contributed by atoms with Crippen LogP contribution in [0.1, 0.15) is 29.8 Å². The van der Waals surface area contributed by atoms with Gasteiger partial charge in [-0.3, -0.25) is 9.78 Å². The standard InChI is InChI=1S/C22H23FN4O2S/c23-17-3-1-10-24-21(17)22(8-2-9-22)14-27-19-7-4-15(11-25-19)18-6-5-16(30-18)12-26-20(29)13-28/h1,3-7,10-11,28H,2,8-9,12-14H2,(H,25,27)(H,26,29). The molecule has 1 aliphatic rings. The highest BCUT2D eigenvalue weighted by Crippen LogP contribution is 2.43. The number of carbonyl (C=O) groups excluding carboxylic acids is 1. The first-order valence-electron chi connectivity index (χ1n) is 9.87. The van der Waals surface area contributed by atoms with Crippen LogP contribution in [-0.4, -0.2) is 34.1 Å². The molecule has 6 nitrogen and oxygen atoms in total. The molecule has 3 heterocycles. The van der Waals surface area contributed by atoms with Crippen molar-refractivity contribution in [1.82, 2.24) is 15.3 Å². The number of rotatable bonds is 8. The first-order valence-corrected chi connectivity index (χ1v) is 10.7. The maximum absolute atomic E-state index is 14.3. The van der Waals surface area contributed by atoms with Crippen LogP contribution in [-0.2, 0) is 16.8 Å². The van der Waals surface area contributed by atoms with E-state index in [1.54, 1.807) is 29.8 Å². The molecule has 8 heteroatoms. The molecular formula is C22H23FN4O2S. The van der Waals surface area contributed by atoms with Gasteiger partial charge in [0.05, 0.1) is 12.2 Å². The van der Waals surface area contributed by atoms with E-state index in [1.165, 1.54) is 6.07 Å². The van der Waals surface area contributed by atoms with Crippen LogP contribution in [0.3, 0.4) is 0 Å². The Hall–Kier alpha value is -2.84. The van der Waals surface area contributed by atoms with E-state index in [1.807, 2.05) is 24.3 Å². The topological polar surface area (TPSA) is 87.1 Å². The fraction of sp³-hybridized carbons (Fsp3) is 0.318. The van der Waals surface area contributed by atoms with Crippen LogP contribution in [0.15, 0.2) is 48.8 Å². The Morgan fingerprint density at radius 1 is 1.20 bits per heavy atom. The summed E-state index contributed by atoms with van der Waals surface area (Å²) in [6.07, 6.45) is 6.35. The van der Waals surface area contributed by atoms with Crippen LogP contribution in [0, 0.1) is 5.82 Å². The zero-order chi connectivity index (χ0) is 21.0. The van der Waals surface area contributed by atoms with Crippen molar-refractivity contribution in [1.29, 1.82) is 0 Å². The zero-order valence-electron chi connectivity index (χ0n) is 16.4. The van der Waals surface area contributed by atoms with Crippen LogP contribution in [0.2, 0.25) is 0 Å². The van der Waals surface area contributed by atoms with Crippen molar-refractivity contribution < 1.29 is 14.3 Å². The average molecular weight is 427 g/mol. The molecule has 0 radical (unpaired) electrons. The maximum atomic E-state index is 14.3. The monoisotopic (exact) mass is 426 g/mol. The zero-order valence-corrected chi connectivity index (χ0v) is 17.2. The van der Waals surface area contributed by atoms with E-state index in [9.17, 15) is 9.18 Å². The Labute approximate surface area is 178 Å². The number of thiophene rings is 1. The molecule has 156 valence electrons. The summed E-state index contributed by atoms with van der Waals surface area (Å²) >= 11 is 1.57. The summed E-state index contributed by atoms with van der Waals surface area (Å²) in [5.74, 6) is 0.108. The van der Waals surface area contributed by atoms with Crippen molar-refractivity contribution in [3.8, 4) is 10.4 Å². The van der Waals surface area contributed by atoms with Gasteiger partial charge in [-0.2, -0.15) is 0 Å². The highest BCUT2D eigenvalue weighted by molar-refractivity contribution is 7.15. The Bertz CT molecular complexity index is 1020. The normalized spacial score (nSPS) is 14.7. The van der Waals surface area contributed by atoms with Crippen molar-refractivity contribution in [2.45, 2.75) is 31.2 Å². The predicted octanol–water partition coefficient (Wildman–Crippen LogP) is 3.49. The lowest BCUT2D eigenvalue weighted by Crippen LogP contribution is -2.42. The van der Waals surface area contributed by atoms with Crippen molar-refractivity contribution in [2.75, 3.05) is 18.5 Å². The molecule has 0 spiro atoms. The van der Waals surface area contributed by atoms with E-state index in [0.29, 0.717) is 18.8 Å². The molecule has 0 saturated heterocycles. The van der Waals surface area contributed by atoms with Gasteiger partial charge in [-0.25, -0.2) is 9.37 Å². The van der Waals surface area contributed by atoms with E-state index in [2.05, 4.69) is 20.6 Å². The van der Waals surface area contributed by atoms with E-state index < -0.39 is 12.5 Å². The van der Waals surface area contributed by atoms with Crippen LogP contribution in [0.4, 0.5) is 10.2 Å². The van der Waals surface area contributed by atoms with Gasteiger partial charge in [0.2, 0.25) is 5.91 Å². The lowest BCUT2D eigenvalue weighted by atomic mass is 9.66. The molecule has 0 aliphatic heterocycles. The molecule has 1 saturated carbocycles. The Morgan fingerprint density at radius 3 is 2.73 bits per heavy atom. The predicted molar refractivity (Wildman–Crippen MR) is 115 cm³/mol. The summed E-state index contributed by atoms with van der Waals surface area (Å²) in [5.41, 5.74) is 1.26. The number of hydrogen-bond donors (Lipinski definition) is 3. The first-order chi connectivity index (χ1) is 14.6. The third kappa shape index (κ3) is 4.34. The second-order valence-electron chi connectivity index (χ2n) is 7.45. The van der Waals surface area contributed by atoms with Gasteiger partial charge in [0.15, 0.2) is 0 Å². The molecule has 0 bridgehead atoms. The van der Waals surface area contributed by atoms with Gasteiger partial charge in [-0.1, -0.05) is 6.42 Å². The molecular weight excluding hydrogens is 403 g/mol. The molecule has 0 unspecified atom stereocenters. The fourth-order valence-electron chi connectivity index (χ4n) is 3.65. The van der Waals surface area contributed by atoms with Crippen LogP contribution < -0.4 is 10.6 Å². The quantitative estimate of drug-likeness (QED) is 0.513. The number of hydrogen-bond acceptors (Lipinski definition) is 6. The second kappa shape index (κ2) is 8.89. The lowest BCUT2D eigenvalue weighted by Gasteiger charge is -2.41. The van der Waals surface area contributed by atoms with E-state index >= 15 is 0 Å². The number of aromatic nitrogens is 2. The average Bonchev–Trinajstić information content (AvgIpc) is 3.22. The molecule has 1 amide bonds. The number of amides is 1. The summed E-state index contributed by atoms with van der Waals surface area (Å²) in [6, 6.07) is 10.9. The molecule has 30 heavy (non-hydrogen) atoms. The van der Waals surface area contributed by atoms with E-state index in [0.717, 1.165) is 40.4 Å². The molecule has 3 N–H and O–H groups in total. The summed E-state index contributed by atoms with van der Waals surface area (Å²) in [6.45, 7) is 0.481. The van der Waals surface area contributed by atoms with Gasteiger partial charge in [0.1, 0.15) is 18.2 Å². The second-order valence-corrected chi connectivity index (χ2v) is 8.62. The Balaban J connectivity index is 1.39. The third-order valence-electron chi connectivity index (χ3n) is 5.49. The lowest BCUT2D eigenvalue weighted by molar-refractivity contribution is -0.123. The largest absolute Gasteiger partial charge is 0.387 e. The number of pyridine rings is 2. The number of nitrogens with zero attached hydrogens (tertiary/aromatic N) is 2.